The number of nitrogen functional groups attached to an aromatic ring is 1. The number of hydrogen-bond donors (Lipinski definition) is 1. The SMILES string of the molecule is Cc1cccc(-c2noc(CN3CCCc4c(N)cccc43)n2)c1.Cl. The second kappa shape index (κ2) is 7.15. The molecule has 0 saturated carbocycles. The maximum Gasteiger partial charge on any atom is 0.246 e. The molecule has 0 saturated heterocycles. The van der Waals surface area contributed by atoms with Crippen LogP contribution in [-0.4, -0.2) is 16.7 Å². The highest BCUT2D eigenvalue weighted by molar-refractivity contribution is 5.85. The number of benzene rings is 2. The van der Waals surface area contributed by atoms with Crippen LogP contribution in [0.2, 0.25) is 0 Å². The number of fused-ring (bicyclic) bond motifs is 1. The summed E-state index contributed by atoms with van der Waals surface area (Å²) < 4.78 is 5.47. The molecule has 3 aromatic rings. The minimum atomic E-state index is 0. The van der Waals surface area contributed by atoms with E-state index in [1.807, 2.05) is 24.3 Å². The molecule has 0 amide bonds. The van der Waals surface area contributed by atoms with Crippen LogP contribution in [0.4, 0.5) is 11.4 Å². The Labute approximate surface area is 153 Å². The lowest BCUT2D eigenvalue weighted by molar-refractivity contribution is 0.375. The monoisotopic (exact) mass is 356 g/mol. The predicted molar refractivity (Wildman–Crippen MR) is 102 cm³/mol. The van der Waals surface area contributed by atoms with E-state index >= 15 is 0 Å². The Morgan fingerprint density at radius 1 is 1.20 bits per heavy atom. The number of aromatic nitrogens is 2. The Morgan fingerprint density at radius 3 is 2.88 bits per heavy atom. The Hall–Kier alpha value is -2.53. The van der Waals surface area contributed by atoms with Gasteiger partial charge in [0.15, 0.2) is 0 Å². The Bertz CT molecular complexity index is 877. The summed E-state index contributed by atoms with van der Waals surface area (Å²) in [6.07, 6.45) is 2.11. The normalized spacial score (nSPS) is 13.2. The number of rotatable bonds is 3. The predicted octanol–water partition coefficient (Wildman–Crippen LogP) is 4.00. The molecule has 1 aliphatic heterocycles. The summed E-state index contributed by atoms with van der Waals surface area (Å²) in [4.78, 5) is 6.83. The molecule has 0 aliphatic carbocycles. The van der Waals surface area contributed by atoms with Crippen LogP contribution in [0.15, 0.2) is 47.0 Å². The summed E-state index contributed by atoms with van der Waals surface area (Å²) >= 11 is 0. The van der Waals surface area contributed by atoms with Gasteiger partial charge in [0.2, 0.25) is 11.7 Å². The van der Waals surface area contributed by atoms with E-state index in [1.165, 1.54) is 16.8 Å². The molecule has 6 heteroatoms. The van der Waals surface area contributed by atoms with Crippen LogP contribution in [-0.2, 0) is 13.0 Å². The highest BCUT2D eigenvalue weighted by Gasteiger charge is 2.21. The molecule has 2 aromatic carbocycles. The van der Waals surface area contributed by atoms with Crippen LogP contribution in [0.25, 0.3) is 11.4 Å². The fourth-order valence-electron chi connectivity index (χ4n) is 3.28. The van der Waals surface area contributed by atoms with E-state index in [0.717, 1.165) is 30.6 Å². The van der Waals surface area contributed by atoms with Gasteiger partial charge in [-0.1, -0.05) is 35.0 Å². The van der Waals surface area contributed by atoms with Gasteiger partial charge in [0.25, 0.3) is 0 Å². The van der Waals surface area contributed by atoms with Gasteiger partial charge in [-0.25, -0.2) is 0 Å². The summed E-state index contributed by atoms with van der Waals surface area (Å²) in [6, 6.07) is 14.2. The van der Waals surface area contributed by atoms with Crippen molar-refractivity contribution in [1.82, 2.24) is 10.1 Å². The third-order valence-corrected chi connectivity index (χ3v) is 4.45. The summed E-state index contributed by atoms with van der Waals surface area (Å²) in [6.45, 7) is 3.63. The lowest BCUT2D eigenvalue weighted by atomic mass is 10.00. The second-order valence-corrected chi connectivity index (χ2v) is 6.25. The molecular formula is C19H21ClN4O. The highest BCUT2D eigenvalue weighted by Crippen LogP contribution is 2.32. The Morgan fingerprint density at radius 2 is 2.04 bits per heavy atom. The van der Waals surface area contributed by atoms with Gasteiger partial charge in [-0.15, -0.1) is 12.4 Å². The van der Waals surface area contributed by atoms with Crippen molar-refractivity contribution in [2.75, 3.05) is 17.2 Å². The average molecular weight is 357 g/mol. The van der Waals surface area contributed by atoms with E-state index in [9.17, 15) is 0 Å². The van der Waals surface area contributed by atoms with Crippen LogP contribution < -0.4 is 10.6 Å². The number of aryl methyl sites for hydroxylation is 1. The van der Waals surface area contributed by atoms with Gasteiger partial charge in [0, 0.05) is 23.5 Å². The first-order valence-electron chi connectivity index (χ1n) is 8.22. The Kier molecular flexibility index (Phi) is 4.95. The number of halogens is 1. The lowest BCUT2D eigenvalue weighted by Gasteiger charge is -2.30. The van der Waals surface area contributed by atoms with Gasteiger partial charge in [-0.3, -0.25) is 0 Å². The van der Waals surface area contributed by atoms with E-state index in [4.69, 9.17) is 10.3 Å². The first-order valence-corrected chi connectivity index (χ1v) is 8.22. The fourth-order valence-corrected chi connectivity index (χ4v) is 3.28. The highest BCUT2D eigenvalue weighted by atomic mass is 35.5. The summed E-state index contributed by atoms with van der Waals surface area (Å²) in [7, 11) is 0. The maximum absolute atomic E-state index is 6.11. The zero-order chi connectivity index (χ0) is 16.5. The van der Waals surface area contributed by atoms with Crippen molar-refractivity contribution in [3.8, 4) is 11.4 Å². The van der Waals surface area contributed by atoms with Crippen LogP contribution in [0.5, 0.6) is 0 Å². The molecule has 25 heavy (non-hydrogen) atoms. The van der Waals surface area contributed by atoms with Gasteiger partial charge in [0.1, 0.15) is 0 Å². The van der Waals surface area contributed by atoms with Crippen molar-refractivity contribution in [3.63, 3.8) is 0 Å². The summed E-state index contributed by atoms with van der Waals surface area (Å²) in [5.41, 5.74) is 11.5. The van der Waals surface area contributed by atoms with Crippen LogP contribution in [0.3, 0.4) is 0 Å². The average Bonchev–Trinajstić information content (AvgIpc) is 3.05. The van der Waals surface area contributed by atoms with Gasteiger partial charge < -0.3 is 15.2 Å². The van der Waals surface area contributed by atoms with E-state index < -0.39 is 0 Å². The first kappa shape index (κ1) is 17.3. The molecule has 5 nitrogen and oxygen atoms in total. The van der Waals surface area contributed by atoms with Crippen LogP contribution in [0, 0.1) is 6.92 Å². The van der Waals surface area contributed by atoms with Crippen molar-refractivity contribution in [2.24, 2.45) is 0 Å². The molecule has 130 valence electrons. The molecule has 0 atom stereocenters. The Balaban J connectivity index is 0.00000182. The smallest absolute Gasteiger partial charge is 0.246 e. The van der Waals surface area contributed by atoms with Gasteiger partial charge >= 0.3 is 0 Å². The van der Waals surface area contributed by atoms with E-state index in [0.29, 0.717) is 18.3 Å². The summed E-state index contributed by atoms with van der Waals surface area (Å²) in [5.74, 6) is 1.26. The molecule has 0 unspecified atom stereocenters. The fraction of sp³-hybridized carbons (Fsp3) is 0.263. The van der Waals surface area contributed by atoms with Gasteiger partial charge in [-0.05, 0) is 43.5 Å². The molecular weight excluding hydrogens is 336 g/mol. The molecule has 0 fully saturated rings. The lowest BCUT2D eigenvalue weighted by Crippen LogP contribution is -2.29. The van der Waals surface area contributed by atoms with E-state index in [2.05, 4.69) is 40.2 Å². The van der Waals surface area contributed by atoms with E-state index in [-0.39, 0.29) is 12.4 Å². The minimum Gasteiger partial charge on any atom is -0.398 e. The molecule has 1 aliphatic rings. The zero-order valence-electron chi connectivity index (χ0n) is 14.1. The number of nitrogens with two attached hydrogens (primary N) is 1. The first-order chi connectivity index (χ1) is 11.7. The number of hydrogen-bond acceptors (Lipinski definition) is 5. The van der Waals surface area contributed by atoms with Crippen LogP contribution >= 0.6 is 12.4 Å². The van der Waals surface area contributed by atoms with Crippen LogP contribution in [0.1, 0.15) is 23.4 Å². The molecule has 0 spiro atoms. The standard InChI is InChI=1S/C19H20N4O.ClH/c1-13-5-2-6-14(11-13)19-21-18(24-22-19)12-23-10-4-7-15-16(20)8-3-9-17(15)23;/h2-3,5-6,8-9,11H,4,7,10,12,20H2,1H3;1H. The van der Waals surface area contributed by atoms with E-state index in [1.54, 1.807) is 0 Å². The summed E-state index contributed by atoms with van der Waals surface area (Å²) in [5, 5.41) is 4.13. The molecule has 4 rings (SSSR count). The maximum atomic E-state index is 6.11. The molecule has 0 radical (unpaired) electrons. The molecule has 0 bridgehead atoms. The third kappa shape index (κ3) is 3.46. The minimum absolute atomic E-state index is 0. The largest absolute Gasteiger partial charge is 0.398 e. The third-order valence-electron chi connectivity index (χ3n) is 4.45. The van der Waals surface area contributed by atoms with Crippen molar-refractivity contribution in [3.05, 3.63) is 59.5 Å². The zero-order valence-corrected chi connectivity index (χ0v) is 14.9. The quantitative estimate of drug-likeness (QED) is 0.718. The molecule has 2 N–H and O–H groups in total. The number of anilines is 2. The van der Waals surface area contributed by atoms with Crippen molar-refractivity contribution < 1.29 is 4.52 Å². The topological polar surface area (TPSA) is 68.2 Å². The van der Waals surface area contributed by atoms with Gasteiger partial charge in [0.05, 0.1) is 6.54 Å². The molecule has 1 aromatic heterocycles. The van der Waals surface area contributed by atoms with Crippen molar-refractivity contribution in [1.29, 1.82) is 0 Å². The second-order valence-electron chi connectivity index (χ2n) is 6.25. The van der Waals surface area contributed by atoms with Crippen molar-refractivity contribution in [2.45, 2.75) is 26.3 Å². The van der Waals surface area contributed by atoms with Gasteiger partial charge in [-0.2, -0.15) is 4.98 Å². The van der Waals surface area contributed by atoms with Crippen molar-refractivity contribution >= 4 is 23.8 Å². The molecule has 2 heterocycles. The number of nitrogens with zero attached hydrogens (tertiary/aromatic N) is 3.